The van der Waals surface area contributed by atoms with Crippen molar-refractivity contribution in [2.24, 2.45) is 0 Å². The third kappa shape index (κ3) is 4.22. The fourth-order valence-corrected chi connectivity index (χ4v) is 2.76. The third-order valence-corrected chi connectivity index (χ3v) is 3.98. The lowest BCUT2D eigenvalue weighted by atomic mass is 10.1. The molecule has 2 aromatic heterocycles. The molecule has 3 rings (SSSR count). The van der Waals surface area contributed by atoms with E-state index in [0.29, 0.717) is 24.5 Å². The van der Waals surface area contributed by atoms with Crippen molar-refractivity contribution in [3.63, 3.8) is 0 Å². The number of amides is 1. The van der Waals surface area contributed by atoms with Crippen molar-refractivity contribution < 1.29 is 9.53 Å². The lowest BCUT2D eigenvalue weighted by Crippen LogP contribution is -2.36. The van der Waals surface area contributed by atoms with Gasteiger partial charge in [-0.15, -0.1) is 0 Å². The van der Waals surface area contributed by atoms with Gasteiger partial charge in [0.15, 0.2) is 0 Å². The molecular weight excluding hydrogens is 304 g/mol. The summed E-state index contributed by atoms with van der Waals surface area (Å²) in [4.78, 5) is 22.9. The maximum absolute atomic E-state index is 12.7. The summed E-state index contributed by atoms with van der Waals surface area (Å²) in [5, 5.41) is 3.20. The standard InChI is InChI=1S/C18H22N4O2/c23-18(22-11-2-1-3-12-22)16-7-5-9-20-17(16)21-10-13-24-15-6-4-8-19-14-15/h4-9,14H,1-3,10-13H2,(H,20,21). The normalized spacial score (nSPS) is 14.2. The van der Waals surface area contributed by atoms with Gasteiger partial charge in [0.1, 0.15) is 18.2 Å². The number of aromatic nitrogens is 2. The van der Waals surface area contributed by atoms with Crippen LogP contribution >= 0.6 is 0 Å². The lowest BCUT2D eigenvalue weighted by molar-refractivity contribution is 0.0725. The minimum absolute atomic E-state index is 0.0541. The van der Waals surface area contributed by atoms with Crippen LogP contribution in [-0.4, -0.2) is 47.0 Å². The Hall–Kier alpha value is -2.63. The van der Waals surface area contributed by atoms with E-state index in [4.69, 9.17) is 4.74 Å². The van der Waals surface area contributed by atoms with E-state index in [1.54, 1.807) is 24.7 Å². The summed E-state index contributed by atoms with van der Waals surface area (Å²) in [7, 11) is 0. The first kappa shape index (κ1) is 16.2. The van der Waals surface area contributed by atoms with Gasteiger partial charge >= 0.3 is 0 Å². The van der Waals surface area contributed by atoms with Crippen molar-refractivity contribution in [3.05, 3.63) is 48.4 Å². The van der Waals surface area contributed by atoms with Crippen LogP contribution in [-0.2, 0) is 0 Å². The maximum Gasteiger partial charge on any atom is 0.257 e. The van der Waals surface area contributed by atoms with Crippen LogP contribution in [0.2, 0.25) is 0 Å². The average molecular weight is 326 g/mol. The Bertz CT molecular complexity index is 657. The van der Waals surface area contributed by atoms with Gasteiger partial charge in [-0.2, -0.15) is 0 Å². The zero-order valence-electron chi connectivity index (χ0n) is 13.6. The smallest absolute Gasteiger partial charge is 0.257 e. The van der Waals surface area contributed by atoms with E-state index >= 15 is 0 Å². The van der Waals surface area contributed by atoms with Crippen LogP contribution in [0.15, 0.2) is 42.9 Å². The molecule has 0 spiro atoms. The molecule has 126 valence electrons. The first-order valence-corrected chi connectivity index (χ1v) is 8.35. The Morgan fingerprint density at radius 1 is 1.17 bits per heavy atom. The SMILES string of the molecule is O=C(c1cccnc1NCCOc1cccnc1)N1CCCCC1. The molecule has 0 saturated carbocycles. The molecule has 6 nitrogen and oxygen atoms in total. The predicted octanol–water partition coefficient (Wildman–Crippen LogP) is 2.59. The van der Waals surface area contributed by atoms with Gasteiger partial charge in [0.05, 0.1) is 18.3 Å². The molecule has 6 heteroatoms. The van der Waals surface area contributed by atoms with E-state index in [9.17, 15) is 4.79 Å². The number of nitrogens with zero attached hydrogens (tertiary/aromatic N) is 3. The molecule has 3 heterocycles. The zero-order valence-corrected chi connectivity index (χ0v) is 13.6. The number of nitrogens with one attached hydrogen (secondary N) is 1. The second-order valence-corrected chi connectivity index (χ2v) is 5.72. The van der Waals surface area contributed by atoms with Crippen molar-refractivity contribution >= 4 is 11.7 Å². The van der Waals surface area contributed by atoms with Crippen LogP contribution in [0.5, 0.6) is 5.75 Å². The van der Waals surface area contributed by atoms with Crippen molar-refractivity contribution in [1.82, 2.24) is 14.9 Å². The van der Waals surface area contributed by atoms with Crippen molar-refractivity contribution in [1.29, 1.82) is 0 Å². The molecule has 24 heavy (non-hydrogen) atoms. The highest BCUT2D eigenvalue weighted by molar-refractivity contribution is 5.98. The first-order chi connectivity index (χ1) is 11.8. The molecule has 2 aromatic rings. The van der Waals surface area contributed by atoms with Crippen LogP contribution in [0.4, 0.5) is 5.82 Å². The highest BCUT2D eigenvalue weighted by Gasteiger charge is 2.21. The maximum atomic E-state index is 12.7. The second kappa shape index (κ2) is 8.29. The Morgan fingerprint density at radius 2 is 2.00 bits per heavy atom. The predicted molar refractivity (Wildman–Crippen MR) is 92.2 cm³/mol. The molecule has 0 bridgehead atoms. The summed E-state index contributed by atoms with van der Waals surface area (Å²) >= 11 is 0. The van der Waals surface area contributed by atoms with Gasteiger partial charge in [0.25, 0.3) is 5.91 Å². The largest absolute Gasteiger partial charge is 0.490 e. The topological polar surface area (TPSA) is 67.3 Å². The Balaban J connectivity index is 1.56. The van der Waals surface area contributed by atoms with Gasteiger partial charge in [-0.05, 0) is 43.5 Å². The fraction of sp³-hybridized carbons (Fsp3) is 0.389. The zero-order chi connectivity index (χ0) is 16.6. The lowest BCUT2D eigenvalue weighted by Gasteiger charge is -2.27. The molecule has 0 atom stereocenters. The van der Waals surface area contributed by atoms with Crippen LogP contribution in [0, 0.1) is 0 Å². The van der Waals surface area contributed by atoms with Gasteiger partial charge < -0.3 is 15.0 Å². The van der Waals surface area contributed by atoms with Gasteiger partial charge in [0.2, 0.25) is 0 Å². The minimum atomic E-state index is 0.0541. The molecule has 1 amide bonds. The molecular formula is C18H22N4O2. The molecule has 0 unspecified atom stereocenters. The third-order valence-electron chi connectivity index (χ3n) is 3.98. The summed E-state index contributed by atoms with van der Waals surface area (Å²) in [6.07, 6.45) is 8.43. The molecule has 1 fully saturated rings. The highest BCUT2D eigenvalue weighted by Crippen LogP contribution is 2.18. The summed E-state index contributed by atoms with van der Waals surface area (Å²) in [5.41, 5.74) is 0.626. The van der Waals surface area contributed by atoms with Gasteiger partial charge in [-0.3, -0.25) is 9.78 Å². The van der Waals surface area contributed by atoms with E-state index in [-0.39, 0.29) is 5.91 Å². The summed E-state index contributed by atoms with van der Waals surface area (Å²) in [6, 6.07) is 7.32. The van der Waals surface area contributed by atoms with Crippen LogP contribution < -0.4 is 10.1 Å². The van der Waals surface area contributed by atoms with E-state index in [1.807, 2.05) is 23.1 Å². The van der Waals surface area contributed by atoms with Gasteiger partial charge in [-0.25, -0.2) is 4.98 Å². The number of pyridine rings is 2. The van der Waals surface area contributed by atoms with Crippen LogP contribution in [0.25, 0.3) is 0 Å². The number of rotatable bonds is 6. The van der Waals surface area contributed by atoms with Crippen molar-refractivity contribution in [2.45, 2.75) is 19.3 Å². The minimum Gasteiger partial charge on any atom is -0.490 e. The van der Waals surface area contributed by atoms with Gasteiger partial charge in [0, 0.05) is 25.5 Å². The highest BCUT2D eigenvalue weighted by atomic mass is 16.5. The number of hydrogen-bond donors (Lipinski definition) is 1. The van der Waals surface area contributed by atoms with E-state index in [1.165, 1.54) is 6.42 Å². The van der Waals surface area contributed by atoms with E-state index < -0.39 is 0 Å². The number of likely N-dealkylation sites (tertiary alicyclic amines) is 1. The van der Waals surface area contributed by atoms with Crippen molar-refractivity contribution in [2.75, 3.05) is 31.6 Å². The molecule has 1 aliphatic heterocycles. The van der Waals surface area contributed by atoms with E-state index in [2.05, 4.69) is 15.3 Å². The van der Waals surface area contributed by atoms with Crippen LogP contribution in [0.1, 0.15) is 29.6 Å². The molecule has 1 aliphatic rings. The Kier molecular flexibility index (Phi) is 5.61. The summed E-state index contributed by atoms with van der Waals surface area (Å²) in [5.74, 6) is 1.39. The average Bonchev–Trinajstić information content (AvgIpc) is 2.66. The molecule has 0 radical (unpaired) electrons. The number of anilines is 1. The number of ether oxygens (including phenoxy) is 1. The second-order valence-electron chi connectivity index (χ2n) is 5.72. The number of hydrogen-bond acceptors (Lipinski definition) is 5. The van der Waals surface area contributed by atoms with E-state index in [0.717, 1.165) is 31.7 Å². The molecule has 1 N–H and O–H groups in total. The first-order valence-electron chi connectivity index (χ1n) is 8.35. The Labute approximate surface area is 141 Å². The quantitative estimate of drug-likeness (QED) is 0.827. The fourth-order valence-electron chi connectivity index (χ4n) is 2.76. The monoisotopic (exact) mass is 326 g/mol. The van der Waals surface area contributed by atoms with Crippen LogP contribution in [0.3, 0.4) is 0 Å². The molecule has 0 aromatic carbocycles. The summed E-state index contributed by atoms with van der Waals surface area (Å²) in [6.45, 7) is 2.69. The molecule has 1 saturated heterocycles. The van der Waals surface area contributed by atoms with Crippen molar-refractivity contribution in [3.8, 4) is 5.75 Å². The number of piperidine rings is 1. The Morgan fingerprint density at radius 3 is 2.79 bits per heavy atom. The summed E-state index contributed by atoms with van der Waals surface area (Å²) < 4.78 is 5.60. The number of carbonyl (C=O) groups is 1. The number of carbonyl (C=O) groups excluding carboxylic acids is 1. The van der Waals surface area contributed by atoms with Gasteiger partial charge in [-0.1, -0.05) is 0 Å². The molecule has 0 aliphatic carbocycles.